The van der Waals surface area contributed by atoms with Crippen LogP contribution >= 0.6 is 11.3 Å². The van der Waals surface area contributed by atoms with E-state index < -0.39 is 0 Å². The van der Waals surface area contributed by atoms with Gasteiger partial charge in [0.25, 0.3) is 0 Å². The molecule has 0 bridgehead atoms. The van der Waals surface area contributed by atoms with Gasteiger partial charge in [0.1, 0.15) is 18.2 Å². The fourth-order valence-electron chi connectivity index (χ4n) is 6.52. The number of benzene rings is 3. The number of hydrogen-bond acceptors (Lipinski definition) is 6. The molecule has 2 aromatic heterocycles. The Hall–Kier alpha value is -4.37. The summed E-state index contributed by atoms with van der Waals surface area (Å²) in [6.07, 6.45) is 3.99. The lowest BCUT2D eigenvalue weighted by Crippen LogP contribution is -2.24. The lowest BCUT2D eigenvalue weighted by Gasteiger charge is -2.20. The fraction of sp³-hybridized carbons (Fsp3) is 0.243. The van der Waals surface area contributed by atoms with Crippen LogP contribution in [-0.4, -0.2) is 37.8 Å². The van der Waals surface area contributed by atoms with Crippen LogP contribution in [0.4, 0.5) is 4.39 Å². The zero-order valence-corrected chi connectivity index (χ0v) is 25.9. The van der Waals surface area contributed by atoms with E-state index in [4.69, 9.17) is 14.5 Å². The summed E-state index contributed by atoms with van der Waals surface area (Å²) in [5.41, 5.74) is 10.3. The van der Waals surface area contributed by atoms with Crippen molar-refractivity contribution in [2.24, 2.45) is 0 Å². The second kappa shape index (κ2) is 12.6. The largest absolute Gasteiger partial charge is 0.490 e. The molecule has 1 atom stereocenters. The van der Waals surface area contributed by atoms with E-state index in [9.17, 15) is 9.18 Å². The van der Waals surface area contributed by atoms with Crippen LogP contribution in [-0.2, 0) is 28.9 Å². The maximum Gasteiger partial charge on any atom is 0.243 e. The van der Waals surface area contributed by atoms with Crippen molar-refractivity contribution in [1.29, 1.82) is 0 Å². The summed E-state index contributed by atoms with van der Waals surface area (Å²) in [5, 5.41) is 9.67. The van der Waals surface area contributed by atoms with Crippen LogP contribution in [0, 0.1) is 5.82 Å². The van der Waals surface area contributed by atoms with Crippen LogP contribution in [0.3, 0.4) is 0 Å². The summed E-state index contributed by atoms with van der Waals surface area (Å²) in [6.45, 7) is 6.12. The summed E-state index contributed by atoms with van der Waals surface area (Å²) in [7, 11) is 1.61. The van der Waals surface area contributed by atoms with Crippen LogP contribution in [0.1, 0.15) is 34.7 Å². The Balaban J connectivity index is 1.46. The first-order valence-corrected chi connectivity index (χ1v) is 16.1. The number of fused-ring (bicyclic) bond motifs is 3. The number of halogens is 1. The van der Waals surface area contributed by atoms with Gasteiger partial charge >= 0.3 is 0 Å². The Morgan fingerprint density at radius 1 is 1.04 bits per heavy atom. The third kappa shape index (κ3) is 5.65. The quantitative estimate of drug-likeness (QED) is 0.133. The number of carbonyl (C=O) groups is 1. The minimum absolute atomic E-state index is 0.105. The minimum atomic E-state index is -0.374. The van der Waals surface area contributed by atoms with E-state index in [2.05, 4.69) is 65.1 Å². The number of aryl methyl sites for hydroxylation is 1. The van der Waals surface area contributed by atoms with Gasteiger partial charge in [0, 0.05) is 52.1 Å². The summed E-state index contributed by atoms with van der Waals surface area (Å²) >= 11 is 1.64. The van der Waals surface area contributed by atoms with Crippen LogP contribution in [0.15, 0.2) is 78.7 Å². The average molecular weight is 620 g/mol. The number of aromatic nitrogens is 1. The lowest BCUT2D eigenvalue weighted by molar-refractivity contribution is -0.117. The predicted molar refractivity (Wildman–Crippen MR) is 178 cm³/mol. The molecule has 5 aromatic rings. The van der Waals surface area contributed by atoms with E-state index in [1.165, 1.54) is 34.9 Å². The molecule has 0 saturated carbocycles. The molecule has 0 saturated heterocycles. The van der Waals surface area contributed by atoms with E-state index in [0.29, 0.717) is 12.4 Å². The molecule has 0 unspecified atom stereocenters. The summed E-state index contributed by atoms with van der Waals surface area (Å²) < 4.78 is 27.0. The number of nitrogens with zero attached hydrogens (tertiary/aromatic N) is 1. The van der Waals surface area contributed by atoms with Crippen molar-refractivity contribution >= 4 is 27.3 Å². The molecule has 6 nitrogen and oxygen atoms in total. The molecule has 0 spiro atoms. The summed E-state index contributed by atoms with van der Waals surface area (Å²) in [4.78, 5) is 17.7. The van der Waals surface area contributed by atoms with Gasteiger partial charge in [-0.05, 0) is 89.8 Å². The van der Waals surface area contributed by atoms with Crippen LogP contribution in [0.25, 0.3) is 43.7 Å². The number of ether oxygens (including phenoxy) is 2. The zero-order chi connectivity index (χ0) is 30.9. The van der Waals surface area contributed by atoms with E-state index in [-0.39, 0.29) is 24.4 Å². The van der Waals surface area contributed by atoms with Crippen molar-refractivity contribution in [3.05, 3.63) is 107 Å². The maximum absolute atomic E-state index is 14.6. The third-order valence-corrected chi connectivity index (χ3v) is 9.66. The molecule has 1 aliphatic carbocycles. The fourth-order valence-corrected chi connectivity index (χ4v) is 7.47. The number of methoxy groups -OCH3 is 1. The summed E-state index contributed by atoms with van der Waals surface area (Å²) in [6, 6.07) is 19.7. The van der Waals surface area contributed by atoms with Crippen LogP contribution in [0.5, 0.6) is 5.75 Å². The maximum atomic E-state index is 14.6. The van der Waals surface area contributed by atoms with Crippen LogP contribution in [0.2, 0.25) is 0 Å². The number of hydrogen-bond donors (Lipinski definition) is 2. The molecule has 0 fully saturated rings. The van der Waals surface area contributed by atoms with Crippen molar-refractivity contribution in [3.8, 4) is 39.4 Å². The van der Waals surface area contributed by atoms with Crippen LogP contribution < -0.4 is 15.4 Å². The molecule has 2 N–H and O–H groups in total. The van der Waals surface area contributed by atoms with Crippen molar-refractivity contribution in [3.63, 3.8) is 0 Å². The Bertz CT molecular complexity index is 1930. The predicted octanol–water partition coefficient (Wildman–Crippen LogP) is 7.40. The molecule has 0 radical (unpaired) electrons. The molecule has 1 amide bonds. The SMILES string of the molecule is C=CC(=O)N[C@H]1CCc2ccc(-c3nc(-c4ccc5c(c4)CCNC5)c4ccsc4c3-c3ccc(F)cc3OCCOC)cc21. The molecule has 228 valence electrons. The van der Waals surface area contributed by atoms with Crippen molar-refractivity contribution in [2.75, 3.05) is 26.9 Å². The first-order valence-electron chi connectivity index (χ1n) is 15.3. The smallest absolute Gasteiger partial charge is 0.243 e. The Morgan fingerprint density at radius 2 is 1.89 bits per heavy atom. The number of nitrogens with one attached hydrogen (secondary N) is 2. The first kappa shape index (κ1) is 29.3. The van der Waals surface area contributed by atoms with Gasteiger partial charge in [-0.3, -0.25) is 4.79 Å². The third-order valence-electron chi connectivity index (χ3n) is 8.73. The van der Waals surface area contributed by atoms with Gasteiger partial charge in [-0.25, -0.2) is 9.37 Å². The van der Waals surface area contributed by atoms with E-state index in [1.54, 1.807) is 24.5 Å². The molecule has 3 heterocycles. The highest BCUT2D eigenvalue weighted by molar-refractivity contribution is 7.18. The van der Waals surface area contributed by atoms with Gasteiger partial charge in [-0.15, -0.1) is 11.3 Å². The van der Waals surface area contributed by atoms with E-state index in [1.807, 2.05) is 0 Å². The number of amides is 1. The lowest BCUT2D eigenvalue weighted by atomic mass is 9.92. The molecule has 45 heavy (non-hydrogen) atoms. The highest BCUT2D eigenvalue weighted by atomic mass is 32.1. The Kier molecular flexibility index (Phi) is 8.19. The summed E-state index contributed by atoms with van der Waals surface area (Å²) in [5.74, 6) is -0.121. The monoisotopic (exact) mass is 619 g/mol. The molecule has 2 aliphatic rings. The molecule has 3 aromatic carbocycles. The second-order valence-corrected chi connectivity index (χ2v) is 12.4. The molecule has 8 heteroatoms. The van der Waals surface area contributed by atoms with Gasteiger partial charge in [0.15, 0.2) is 0 Å². The molecule has 1 aliphatic heterocycles. The van der Waals surface area contributed by atoms with Gasteiger partial charge in [0.05, 0.1) is 24.0 Å². The van der Waals surface area contributed by atoms with Crippen molar-refractivity contribution in [1.82, 2.24) is 15.6 Å². The number of pyridine rings is 1. The van der Waals surface area contributed by atoms with E-state index in [0.717, 1.165) is 81.6 Å². The zero-order valence-electron chi connectivity index (χ0n) is 25.1. The second-order valence-electron chi connectivity index (χ2n) is 11.5. The van der Waals surface area contributed by atoms with Gasteiger partial charge in [-0.1, -0.05) is 30.8 Å². The number of rotatable bonds is 9. The average Bonchev–Trinajstić information content (AvgIpc) is 3.71. The number of carbonyl (C=O) groups excluding carboxylic acids is 1. The topological polar surface area (TPSA) is 72.5 Å². The van der Waals surface area contributed by atoms with Crippen molar-refractivity contribution < 1.29 is 18.7 Å². The molecular weight excluding hydrogens is 585 g/mol. The minimum Gasteiger partial charge on any atom is -0.490 e. The highest BCUT2D eigenvalue weighted by Crippen LogP contribution is 2.47. The molecular formula is C37H34FN3O3S. The Morgan fingerprint density at radius 3 is 2.73 bits per heavy atom. The highest BCUT2D eigenvalue weighted by Gasteiger charge is 2.27. The first-order chi connectivity index (χ1) is 22.0. The van der Waals surface area contributed by atoms with E-state index >= 15 is 0 Å². The van der Waals surface area contributed by atoms with Crippen molar-refractivity contribution in [2.45, 2.75) is 31.8 Å². The van der Waals surface area contributed by atoms with Gasteiger partial charge < -0.3 is 20.1 Å². The molecule has 7 rings (SSSR count). The van der Waals surface area contributed by atoms with Gasteiger partial charge in [-0.2, -0.15) is 0 Å². The van der Waals surface area contributed by atoms with Gasteiger partial charge in [0.2, 0.25) is 5.91 Å². The number of thiophene rings is 1. The Labute approximate surface area is 265 Å². The normalized spacial score (nSPS) is 15.5. The standard InChI is InChI=1S/C37H34FN3O3S/c1-3-33(42)40-31-11-8-22-4-5-25(19-30(22)31)36-34(28-10-9-27(38)20-32(28)44-16-15-43-2)37-29(13-17-45-37)35(41-36)24-6-7-26-21-39-14-12-23(26)18-24/h3-7,9-10,13,17-20,31,39H,1,8,11-12,14-16,21H2,2H3,(H,40,42)/t31-/m0/s1.